The van der Waals surface area contributed by atoms with Crippen LogP contribution in [0.1, 0.15) is 5.56 Å². The second-order valence-electron chi connectivity index (χ2n) is 3.77. The maximum atomic E-state index is 12.7. The minimum absolute atomic E-state index is 0.265. The largest absolute Gasteiger partial charge is 0.480 e. The Kier molecular flexibility index (Phi) is 3.01. The van der Waals surface area contributed by atoms with Crippen LogP contribution >= 0.6 is 0 Å². The van der Waals surface area contributed by atoms with Crippen molar-refractivity contribution in [1.29, 1.82) is 0 Å². The van der Waals surface area contributed by atoms with Gasteiger partial charge in [0.25, 0.3) is 5.56 Å². The van der Waals surface area contributed by atoms with Crippen LogP contribution in [0.4, 0.5) is 13.2 Å². The van der Waals surface area contributed by atoms with E-state index >= 15 is 0 Å². The number of carboxylic acid groups (broad SMARTS) is 1. The molecule has 0 bridgehead atoms. The van der Waals surface area contributed by atoms with E-state index in [0.29, 0.717) is 0 Å². The number of rotatable bonds is 2. The zero-order chi connectivity index (χ0) is 14.2. The Morgan fingerprint density at radius 2 is 2.05 bits per heavy atom. The van der Waals surface area contributed by atoms with Crippen molar-refractivity contribution in [3.8, 4) is 0 Å². The van der Waals surface area contributed by atoms with Gasteiger partial charge < -0.3 is 5.11 Å². The molecule has 8 heteroatoms. The number of hydrogen-bond donors (Lipinski definition) is 1. The van der Waals surface area contributed by atoms with Gasteiger partial charge in [0.05, 0.1) is 22.8 Å². The molecule has 0 saturated carbocycles. The van der Waals surface area contributed by atoms with Crippen molar-refractivity contribution in [2.45, 2.75) is 12.7 Å². The highest BCUT2D eigenvalue weighted by atomic mass is 19.4. The first-order valence-electron chi connectivity index (χ1n) is 5.08. The topological polar surface area (TPSA) is 72.2 Å². The van der Waals surface area contributed by atoms with Gasteiger partial charge in [0.1, 0.15) is 6.54 Å². The lowest BCUT2D eigenvalue weighted by atomic mass is 10.1. The number of para-hydroxylation sites is 1. The van der Waals surface area contributed by atoms with Crippen LogP contribution in [-0.4, -0.2) is 20.6 Å². The molecule has 2 aromatic rings. The molecule has 1 N–H and O–H groups in total. The smallest absolute Gasteiger partial charge is 0.418 e. The molecule has 5 nitrogen and oxygen atoms in total. The summed E-state index contributed by atoms with van der Waals surface area (Å²) in [5.41, 5.74) is -2.33. The number of aliphatic carboxylic acids is 1. The molecule has 0 saturated heterocycles. The van der Waals surface area contributed by atoms with E-state index in [2.05, 4.69) is 4.98 Å². The first-order chi connectivity index (χ1) is 8.80. The predicted molar refractivity (Wildman–Crippen MR) is 58.6 cm³/mol. The lowest BCUT2D eigenvalue weighted by Crippen LogP contribution is -2.25. The molecule has 0 aliphatic heterocycles. The van der Waals surface area contributed by atoms with Crippen molar-refractivity contribution >= 4 is 16.9 Å². The van der Waals surface area contributed by atoms with E-state index in [1.54, 1.807) is 0 Å². The highest BCUT2D eigenvalue weighted by Gasteiger charge is 2.33. The van der Waals surface area contributed by atoms with E-state index in [9.17, 15) is 22.8 Å². The van der Waals surface area contributed by atoms with Crippen molar-refractivity contribution in [3.05, 3.63) is 40.4 Å². The van der Waals surface area contributed by atoms with Crippen molar-refractivity contribution in [3.63, 3.8) is 0 Å². The Hall–Kier alpha value is -2.38. The highest BCUT2D eigenvalue weighted by molar-refractivity contribution is 5.81. The second-order valence-corrected chi connectivity index (χ2v) is 3.77. The van der Waals surface area contributed by atoms with Gasteiger partial charge in [-0.25, -0.2) is 4.98 Å². The van der Waals surface area contributed by atoms with Crippen molar-refractivity contribution < 1.29 is 23.1 Å². The number of halogens is 3. The van der Waals surface area contributed by atoms with Crippen LogP contribution in [0.3, 0.4) is 0 Å². The number of hydrogen-bond acceptors (Lipinski definition) is 3. The van der Waals surface area contributed by atoms with Gasteiger partial charge >= 0.3 is 12.1 Å². The Morgan fingerprint density at radius 1 is 1.37 bits per heavy atom. The first-order valence-corrected chi connectivity index (χ1v) is 5.08. The Morgan fingerprint density at radius 3 is 2.63 bits per heavy atom. The van der Waals surface area contributed by atoms with Gasteiger partial charge in [0, 0.05) is 0 Å². The molecule has 0 spiro atoms. The van der Waals surface area contributed by atoms with E-state index in [-0.39, 0.29) is 5.39 Å². The number of alkyl halides is 3. The molecule has 0 amide bonds. The van der Waals surface area contributed by atoms with E-state index < -0.39 is 35.3 Å². The van der Waals surface area contributed by atoms with Crippen LogP contribution in [-0.2, 0) is 17.5 Å². The van der Waals surface area contributed by atoms with Crippen molar-refractivity contribution in [2.75, 3.05) is 0 Å². The van der Waals surface area contributed by atoms with Crippen LogP contribution in [0.25, 0.3) is 10.9 Å². The second kappa shape index (κ2) is 4.38. The number of benzene rings is 1. The Balaban J connectivity index is 2.73. The number of fused-ring (bicyclic) bond motifs is 1. The molecule has 0 aliphatic carbocycles. The minimum atomic E-state index is -4.63. The van der Waals surface area contributed by atoms with Gasteiger partial charge in [-0.05, 0) is 12.1 Å². The van der Waals surface area contributed by atoms with Crippen LogP contribution in [0, 0.1) is 0 Å². The van der Waals surface area contributed by atoms with Gasteiger partial charge in [0.2, 0.25) is 0 Å². The summed E-state index contributed by atoms with van der Waals surface area (Å²) in [6.07, 6.45) is -3.83. The minimum Gasteiger partial charge on any atom is -0.480 e. The van der Waals surface area contributed by atoms with Crippen LogP contribution in [0.2, 0.25) is 0 Å². The predicted octanol–water partition coefficient (Wildman–Crippen LogP) is 1.50. The summed E-state index contributed by atoms with van der Waals surface area (Å²) in [7, 11) is 0. The SMILES string of the molecule is O=C(O)Cn1cnc2c(C(F)(F)F)cccc2c1=O. The summed E-state index contributed by atoms with van der Waals surface area (Å²) < 4.78 is 38.9. The lowest BCUT2D eigenvalue weighted by molar-refractivity contribution is -0.138. The summed E-state index contributed by atoms with van der Waals surface area (Å²) in [5.74, 6) is -1.28. The van der Waals surface area contributed by atoms with Crippen LogP contribution in [0.15, 0.2) is 29.3 Å². The monoisotopic (exact) mass is 272 g/mol. The molecule has 1 aromatic carbocycles. The fourth-order valence-electron chi connectivity index (χ4n) is 1.68. The summed E-state index contributed by atoms with van der Waals surface area (Å²) in [4.78, 5) is 25.9. The number of carbonyl (C=O) groups is 1. The van der Waals surface area contributed by atoms with Gasteiger partial charge in [-0.2, -0.15) is 13.2 Å². The van der Waals surface area contributed by atoms with Crippen LogP contribution in [0.5, 0.6) is 0 Å². The molecule has 1 heterocycles. The van der Waals surface area contributed by atoms with E-state index in [4.69, 9.17) is 5.11 Å². The Labute approximate surface area is 103 Å². The van der Waals surface area contributed by atoms with Gasteiger partial charge in [-0.1, -0.05) is 6.07 Å². The highest BCUT2D eigenvalue weighted by Crippen LogP contribution is 2.32. The zero-order valence-corrected chi connectivity index (χ0v) is 9.31. The van der Waals surface area contributed by atoms with Gasteiger partial charge in [-0.15, -0.1) is 0 Å². The zero-order valence-electron chi connectivity index (χ0n) is 9.31. The number of nitrogens with zero attached hydrogens (tertiary/aromatic N) is 2. The number of carboxylic acids is 1. The third kappa shape index (κ3) is 2.42. The van der Waals surface area contributed by atoms with Crippen LogP contribution < -0.4 is 5.56 Å². The molecule has 0 aliphatic rings. The average Bonchev–Trinajstić information content (AvgIpc) is 2.30. The fraction of sp³-hybridized carbons (Fsp3) is 0.182. The molecule has 0 atom stereocenters. The summed E-state index contributed by atoms with van der Waals surface area (Å²) in [5, 5.41) is 8.31. The van der Waals surface area contributed by atoms with E-state index in [1.165, 1.54) is 6.07 Å². The third-order valence-electron chi connectivity index (χ3n) is 2.46. The summed E-state index contributed by atoms with van der Waals surface area (Å²) in [6, 6.07) is 3.08. The molecule has 19 heavy (non-hydrogen) atoms. The van der Waals surface area contributed by atoms with E-state index in [1.807, 2.05) is 0 Å². The molecular weight excluding hydrogens is 265 g/mol. The first kappa shape index (κ1) is 13.1. The summed E-state index contributed by atoms with van der Waals surface area (Å²) >= 11 is 0. The van der Waals surface area contributed by atoms with Gasteiger partial charge in [0.15, 0.2) is 0 Å². The van der Waals surface area contributed by atoms with E-state index in [0.717, 1.165) is 23.0 Å². The lowest BCUT2D eigenvalue weighted by Gasteiger charge is -2.10. The normalized spacial score (nSPS) is 11.7. The van der Waals surface area contributed by atoms with Crippen molar-refractivity contribution in [2.24, 2.45) is 0 Å². The molecule has 2 rings (SSSR count). The maximum Gasteiger partial charge on any atom is 0.418 e. The quantitative estimate of drug-likeness (QED) is 0.899. The molecule has 0 fully saturated rings. The number of aromatic nitrogens is 2. The molecule has 0 unspecified atom stereocenters. The maximum absolute atomic E-state index is 12.7. The average molecular weight is 272 g/mol. The standard InChI is InChI=1S/C11H7F3N2O3/c12-11(13,14)7-3-1-2-6-9(7)15-5-16(10(6)19)4-8(17)18/h1-3,5H,4H2,(H,17,18). The van der Waals surface area contributed by atoms with Gasteiger partial charge in [-0.3, -0.25) is 14.2 Å². The molecule has 1 aromatic heterocycles. The van der Waals surface area contributed by atoms with Crippen molar-refractivity contribution in [1.82, 2.24) is 9.55 Å². The summed E-state index contributed by atoms with van der Waals surface area (Å²) in [6.45, 7) is -0.655. The fourth-order valence-corrected chi connectivity index (χ4v) is 1.68. The third-order valence-corrected chi connectivity index (χ3v) is 2.46. The molecule has 100 valence electrons. The molecule has 0 radical (unpaired) electrons. The molecular formula is C11H7F3N2O3. The Bertz CT molecular complexity index is 706.